The van der Waals surface area contributed by atoms with Crippen molar-refractivity contribution in [2.45, 2.75) is 20.0 Å². The summed E-state index contributed by atoms with van der Waals surface area (Å²) < 4.78 is 0. The van der Waals surface area contributed by atoms with Crippen LogP contribution in [-0.2, 0) is 13.1 Å². The van der Waals surface area contributed by atoms with Crippen LogP contribution in [0, 0.1) is 6.92 Å². The third kappa shape index (κ3) is 3.51. The number of aryl methyl sites for hydroxylation is 1. The summed E-state index contributed by atoms with van der Waals surface area (Å²) in [5, 5.41) is 12.0. The molecule has 1 N–H and O–H groups in total. The van der Waals surface area contributed by atoms with Crippen molar-refractivity contribution in [3.8, 4) is 0 Å². The first kappa shape index (κ1) is 12.0. The Morgan fingerprint density at radius 1 is 1.24 bits per heavy atom. The van der Waals surface area contributed by atoms with Crippen molar-refractivity contribution >= 4 is 11.6 Å². The lowest BCUT2D eigenvalue weighted by Gasteiger charge is -2.07. The number of aromatic nitrogens is 2. The number of halogens is 1. The SMILES string of the molecule is Cc1cc(Cl)ccc1CNCc1cccnn1. The van der Waals surface area contributed by atoms with Crippen molar-refractivity contribution in [3.63, 3.8) is 0 Å². The van der Waals surface area contributed by atoms with Crippen molar-refractivity contribution < 1.29 is 0 Å². The zero-order valence-electron chi connectivity index (χ0n) is 9.65. The van der Waals surface area contributed by atoms with Gasteiger partial charge in [-0.25, -0.2) is 0 Å². The molecule has 2 rings (SSSR count). The van der Waals surface area contributed by atoms with Crippen LogP contribution in [0.1, 0.15) is 16.8 Å². The Labute approximate surface area is 106 Å². The van der Waals surface area contributed by atoms with E-state index < -0.39 is 0 Å². The highest BCUT2D eigenvalue weighted by atomic mass is 35.5. The summed E-state index contributed by atoms with van der Waals surface area (Å²) in [7, 11) is 0. The molecule has 0 bridgehead atoms. The van der Waals surface area contributed by atoms with Gasteiger partial charge >= 0.3 is 0 Å². The normalized spacial score (nSPS) is 10.5. The molecule has 0 amide bonds. The van der Waals surface area contributed by atoms with Crippen LogP contribution >= 0.6 is 11.6 Å². The lowest BCUT2D eigenvalue weighted by Crippen LogP contribution is -2.14. The fraction of sp³-hybridized carbons (Fsp3) is 0.231. The molecule has 0 unspecified atom stereocenters. The quantitative estimate of drug-likeness (QED) is 0.903. The van der Waals surface area contributed by atoms with Gasteiger partial charge in [0.05, 0.1) is 5.69 Å². The molecule has 0 fully saturated rings. The van der Waals surface area contributed by atoms with Crippen LogP contribution < -0.4 is 5.32 Å². The number of rotatable bonds is 4. The van der Waals surface area contributed by atoms with Crippen molar-refractivity contribution in [3.05, 3.63) is 58.4 Å². The number of nitrogens with zero attached hydrogens (tertiary/aromatic N) is 2. The molecule has 2 aromatic rings. The van der Waals surface area contributed by atoms with Gasteiger partial charge < -0.3 is 5.32 Å². The highest BCUT2D eigenvalue weighted by Crippen LogP contribution is 2.14. The Morgan fingerprint density at radius 2 is 2.12 bits per heavy atom. The van der Waals surface area contributed by atoms with Crippen LogP contribution in [0.25, 0.3) is 0 Å². The van der Waals surface area contributed by atoms with Crippen LogP contribution in [0.2, 0.25) is 5.02 Å². The largest absolute Gasteiger partial charge is 0.307 e. The standard InChI is InChI=1S/C13H14ClN3/c1-10-7-12(14)5-4-11(10)8-15-9-13-3-2-6-16-17-13/h2-7,15H,8-9H2,1H3. The van der Waals surface area contributed by atoms with E-state index in [1.165, 1.54) is 11.1 Å². The molecule has 0 radical (unpaired) electrons. The Hall–Kier alpha value is -1.45. The fourth-order valence-corrected chi connectivity index (χ4v) is 1.84. The topological polar surface area (TPSA) is 37.8 Å². The van der Waals surface area contributed by atoms with E-state index in [2.05, 4.69) is 22.4 Å². The maximum Gasteiger partial charge on any atom is 0.0769 e. The van der Waals surface area contributed by atoms with E-state index in [4.69, 9.17) is 11.6 Å². The summed E-state index contributed by atoms with van der Waals surface area (Å²) >= 11 is 5.91. The van der Waals surface area contributed by atoms with E-state index in [9.17, 15) is 0 Å². The number of nitrogens with one attached hydrogen (secondary N) is 1. The van der Waals surface area contributed by atoms with Crippen molar-refractivity contribution in [2.75, 3.05) is 0 Å². The lowest BCUT2D eigenvalue weighted by atomic mass is 10.1. The smallest absolute Gasteiger partial charge is 0.0769 e. The molecule has 4 heteroatoms. The van der Waals surface area contributed by atoms with Gasteiger partial charge in [0.1, 0.15) is 0 Å². The van der Waals surface area contributed by atoms with Crippen LogP contribution in [0.3, 0.4) is 0 Å². The van der Waals surface area contributed by atoms with Gasteiger partial charge in [0, 0.05) is 24.3 Å². The van der Waals surface area contributed by atoms with Gasteiger partial charge in [-0.2, -0.15) is 10.2 Å². The molecule has 0 aliphatic rings. The molecule has 3 nitrogen and oxygen atoms in total. The Morgan fingerprint density at radius 3 is 2.82 bits per heavy atom. The molecule has 0 spiro atoms. The summed E-state index contributed by atoms with van der Waals surface area (Å²) in [6.07, 6.45) is 1.67. The second-order valence-electron chi connectivity index (χ2n) is 3.89. The van der Waals surface area contributed by atoms with E-state index in [0.717, 1.165) is 23.8 Å². The maximum atomic E-state index is 5.91. The molecular weight excluding hydrogens is 234 g/mol. The molecule has 0 saturated carbocycles. The highest BCUT2D eigenvalue weighted by Gasteiger charge is 1.99. The molecule has 1 aromatic carbocycles. The number of benzene rings is 1. The van der Waals surface area contributed by atoms with E-state index in [1.807, 2.05) is 30.3 Å². The summed E-state index contributed by atoms with van der Waals surface area (Å²) in [5.74, 6) is 0. The molecular formula is C13H14ClN3. The summed E-state index contributed by atoms with van der Waals surface area (Å²) in [6.45, 7) is 3.58. The van der Waals surface area contributed by atoms with Crippen molar-refractivity contribution in [2.24, 2.45) is 0 Å². The molecule has 0 atom stereocenters. The van der Waals surface area contributed by atoms with Gasteiger partial charge in [-0.05, 0) is 42.3 Å². The van der Waals surface area contributed by atoms with Crippen LogP contribution in [0.15, 0.2) is 36.5 Å². The van der Waals surface area contributed by atoms with Crippen molar-refractivity contribution in [1.82, 2.24) is 15.5 Å². The maximum absolute atomic E-state index is 5.91. The average Bonchev–Trinajstić information content (AvgIpc) is 2.33. The van der Waals surface area contributed by atoms with Gasteiger partial charge in [-0.1, -0.05) is 17.7 Å². The third-order valence-electron chi connectivity index (χ3n) is 2.55. The molecule has 0 saturated heterocycles. The van der Waals surface area contributed by atoms with E-state index >= 15 is 0 Å². The van der Waals surface area contributed by atoms with Gasteiger partial charge in [0.2, 0.25) is 0 Å². The minimum absolute atomic E-state index is 0.718. The summed E-state index contributed by atoms with van der Waals surface area (Å²) in [4.78, 5) is 0. The predicted octanol–water partition coefficient (Wildman–Crippen LogP) is 2.73. The minimum Gasteiger partial charge on any atom is -0.307 e. The first-order chi connectivity index (χ1) is 8.25. The van der Waals surface area contributed by atoms with Gasteiger partial charge in [0.25, 0.3) is 0 Å². The van der Waals surface area contributed by atoms with Crippen LogP contribution in [-0.4, -0.2) is 10.2 Å². The molecule has 1 heterocycles. The second kappa shape index (κ2) is 5.75. The van der Waals surface area contributed by atoms with E-state index in [0.29, 0.717) is 0 Å². The lowest BCUT2D eigenvalue weighted by molar-refractivity contribution is 0.668. The van der Waals surface area contributed by atoms with Crippen LogP contribution in [0.4, 0.5) is 0 Å². The Bertz CT molecular complexity index is 485. The molecule has 0 aliphatic heterocycles. The predicted molar refractivity (Wildman–Crippen MR) is 68.8 cm³/mol. The van der Waals surface area contributed by atoms with Crippen molar-refractivity contribution in [1.29, 1.82) is 0 Å². The van der Waals surface area contributed by atoms with Crippen LogP contribution in [0.5, 0.6) is 0 Å². The first-order valence-corrected chi connectivity index (χ1v) is 5.86. The van der Waals surface area contributed by atoms with E-state index in [1.54, 1.807) is 6.20 Å². The molecule has 17 heavy (non-hydrogen) atoms. The first-order valence-electron chi connectivity index (χ1n) is 5.48. The monoisotopic (exact) mass is 247 g/mol. The summed E-state index contributed by atoms with van der Waals surface area (Å²) in [6, 6.07) is 9.77. The Kier molecular flexibility index (Phi) is 4.07. The minimum atomic E-state index is 0.718. The average molecular weight is 248 g/mol. The number of hydrogen-bond donors (Lipinski definition) is 1. The fourth-order valence-electron chi connectivity index (χ4n) is 1.61. The van der Waals surface area contributed by atoms with Gasteiger partial charge in [0.15, 0.2) is 0 Å². The molecule has 1 aromatic heterocycles. The summed E-state index contributed by atoms with van der Waals surface area (Å²) in [5.41, 5.74) is 3.39. The third-order valence-corrected chi connectivity index (χ3v) is 2.79. The number of hydrogen-bond acceptors (Lipinski definition) is 3. The zero-order chi connectivity index (χ0) is 12.1. The Balaban J connectivity index is 1.90. The van der Waals surface area contributed by atoms with Gasteiger partial charge in [-0.3, -0.25) is 0 Å². The zero-order valence-corrected chi connectivity index (χ0v) is 10.4. The highest BCUT2D eigenvalue weighted by molar-refractivity contribution is 6.30. The second-order valence-corrected chi connectivity index (χ2v) is 4.33. The molecule has 0 aliphatic carbocycles. The molecule has 88 valence electrons. The van der Waals surface area contributed by atoms with E-state index in [-0.39, 0.29) is 0 Å². The van der Waals surface area contributed by atoms with Gasteiger partial charge in [-0.15, -0.1) is 0 Å².